The van der Waals surface area contributed by atoms with Crippen LogP contribution in [0.5, 0.6) is 0 Å². The summed E-state index contributed by atoms with van der Waals surface area (Å²) in [6.45, 7) is 5.09. The van der Waals surface area contributed by atoms with E-state index < -0.39 is 33.8 Å². The van der Waals surface area contributed by atoms with E-state index in [0.29, 0.717) is 28.3 Å². The minimum Gasteiger partial charge on any atom is -0.468 e. The third-order valence-corrected chi connectivity index (χ3v) is 8.51. The van der Waals surface area contributed by atoms with Crippen molar-refractivity contribution in [1.82, 2.24) is 19.5 Å². The number of ether oxygens (including phenoxy) is 1. The van der Waals surface area contributed by atoms with E-state index in [0.717, 1.165) is 10.5 Å². The molecular weight excluding hydrogens is 534 g/mol. The number of benzene rings is 2. The summed E-state index contributed by atoms with van der Waals surface area (Å²) in [6, 6.07) is 11.9. The summed E-state index contributed by atoms with van der Waals surface area (Å²) in [4.78, 5) is 45.2. The maximum absolute atomic E-state index is 13.8. The number of aryl methyl sites for hydroxylation is 3. The highest BCUT2D eigenvalue weighted by Crippen LogP contribution is 2.37. The zero-order chi connectivity index (χ0) is 28.9. The molecule has 0 radical (unpaired) electrons. The van der Waals surface area contributed by atoms with Crippen molar-refractivity contribution in [2.75, 3.05) is 12.0 Å². The van der Waals surface area contributed by atoms with Crippen molar-refractivity contribution in [2.24, 2.45) is 7.05 Å². The van der Waals surface area contributed by atoms with Crippen LogP contribution in [0.15, 0.2) is 53.4 Å². The molecule has 12 heteroatoms. The average molecular weight is 562 g/mol. The van der Waals surface area contributed by atoms with Gasteiger partial charge in [-0.15, -0.1) is 0 Å². The van der Waals surface area contributed by atoms with Crippen molar-refractivity contribution in [2.45, 2.75) is 38.1 Å². The maximum atomic E-state index is 13.8. The summed E-state index contributed by atoms with van der Waals surface area (Å²) in [5, 5.41) is 4.54. The minimum absolute atomic E-state index is 0.0704. The van der Waals surface area contributed by atoms with E-state index >= 15 is 0 Å². The first-order valence-electron chi connectivity index (χ1n) is 12.4. The van der Waals surface area contributed by atoms with Crippen LogP contribution >= 0.6 is 0 Å². The maximum Gasteiger partial charge on any atom is 0.324 e. The highest BCUT2D eigenvalue weighted by molar-refractivity contribution is 7.89. The van der Waals surface area contributed by atoms with Crippen LogP contribution in [0.1, 0.15) is 43.4 Å². The molecule has 2 aromatic heterocycles. The fourth-order valence-electron chi connectivity index (χ4n) is 5.04. The van der Waals surface area contributed by atoms with Gasteiger partial charge in [0.15, 0.2) is 0 Å². The number of methoxy groups -OCH3 is 1. The predicted molar refractivity (Wildman–Crippen MR) is 147 cm³/mol. The molecule has 0 bridgehead atoms. The quantitative estimate of drug-likeness (QED) is 0.268. The molecule has 1 aliphatic rings. The number of rotatable bonds is 7. The summed E-state index contributed by atoms with van der Waals surface area (Å²) in [5.74, 6) is -1.88. The Bertz CT molecular complexity index is 1810. The van der Waals surface area contributed by atoms with Crippen molar-refractivity contribution in [1.29, 1.82) is 0 Å². The first kappa shape index (κ1) is 27.2. The van der Waals surface area contributed by atoms with Gasteiger partial charge >= 0.3 is 5.97 Å². The lowest BCUT2D eigenvalue weighted by molar-refractivity contribution is -0.142. The Kier molecular flexibility index (Phi) is 6.76. The van der Waals surface area contributed by atoms with Crippen LogP contribution < -0.4 is 9.62 Å². The van der Waals surface area contributed by atoms with Crippen LogP contribution in [0.2, 0.25) is 0 Å². The second-order valence-electron chi connectivity index (χ2n) is 9.60. The number of amides is 2. The average Bonchev–Trinajstić information content (AvgIpc) is 3.33. The predicted octanol–water partition coefficient (Wildman–Crippen LogP) is 2.76. The molecule has 1 aliphatic heterocycles. The summed E-state index contributed by atoms with van der Waals surface area (Å²) >= 11 is 0. The molecule has 0 spiro atoms. The molecule has 0 saturated heterocycles. The van der Waals surface area contributed by atoms with E-state index in [1.807, 2.05) is 6.07 Å². The lowest BCUT2D eigenvalue weighted by atomic mass is 10.0. The summed E-state index contributed by atoms with van der Waals surface area (Å²) in [7, 11) is -1.36. The van der Waals surface area contributed by atoms with Gasteiger partial charge in [0.1, 0.15) is 6.04 Å². The van der Waals surface area contributed by atoms with E-state index in [1.165, 1.54) is 25.3 Å². The monoisotopic (exact) mass is 561 g/mol. The zero-order valence-corrected chi connectivity index (χ0v) is 23.4. The van der Waals surface area contributed by atoms with Gasteiger partial charge in [0.25, 0.3) is 11.8 Å². The molecule has 0 aliphatic carbocycles. The first-order chi connectivity index (χ1) is 18.9. The van der Waals surface area contributed by atoms with Gasteiger partial charge in [-0.25, -0.2) is 13.3 Å². The molecule has 3 heterocycles. The number of aromatic nitrogens is 3. The van der Waals surface area contributed by atoms with Crippen molar-refractivity contribution < 1.29 is 27.5 Å². The van der Waals surface area contributed by atoms with E-state index in [2.05, 4.69) is 14.8 Å². The molecule has 11 nitrogen and oxygen atoms in total. The number of carbonyl (C=O) groups is 3. The summed E-state index contributed by atoms with van der Waals surface area (Å²) < 4.78 is 35.8. The standard InChI is InChI=1S/C28H27N5O6S/c1-15-23-24(27(35)33(26(23)34)25-16(2)30-32(4)17(25)3)20-14-19(11-12-21(20)29-15)40(37,38)31-22(28(36)39-5)13-18-9-7-6-8-10-18/h6-12,14,22,31H,13H2,1-5H3/t22-/m0/s1. The van der Waals surface area contributed by atoms with Crippen molar-refractivity contribution in [3.63, 3.8) is 0 Å². The van der Waals surface area contributed by atoms with Crippen LogP contribution in [0.25, 0.3) is 10.9 Å². The Morgan fingerprint density at radius 1 is 1.00 bits per heavy atom. The van der Waals surface area contributed by atoms with E-state index in [9.17, 15) is 22.8 Å². The molecule has 0 unspecified atom stereocenters. The molecule has 2 aromatic carbocycles. The number of imide groups is 1. The van der Waals surface area contributed by atoms with Gasteiger partial charge in [-0.1, -0.05) is 30.3 Å². The molecular formula is C28H27N5O6S. The Balaban J connectivity index is 1.58. The smallest absolute Gasteiger partial charge is 0.324 e. The molecule has 0 fully saturated rings. The second-order valence-corrected chi connectivity index (χ2v) is 11.3. The number of anilines is 1. The normalized spacial score (nSPS) is 14.1. The number of carbonyl (C=O) groups excluding carboxylic acids is 3. The molecule has 0 saturated carbocycles. The fourth-order valence-corrected chi connectivity index (χ4v) is 6.25. The topological polar surface area (TPSA) is 141 Å². The Morgan fingerprint density at radius 3 is 2.30 bits per heavy atom. The van der Waals surface area contributed by atoms with E-state index in [4.69, 9.17) is 4.74 Å². The van der Waals surface area contributed by atoms with Crippen LogP contribution in [0.4, 0.5) is 5.69 Å². The van der Waals surface area contributed by atoms with Gasteiger partial charge in [-0.05, 0) is 51.0 Å². The number of hydrogen-bond acceptors (Lipinski definition) is 8. The number of hydrogen-bond donors (Lipinski definition) is 1. The van der Waals surface area contributed by atoms with E-state index in [1.54, 1.807) is 56.8 Å². The Labute approximate surface area is 230 Å². The SMILES string of the molecule is COC(=O)[C@H](Cc1ccccc1)NS(=O)(=O)c1ccc2nc(C)c3c(c2c1)C(=O)N(c1c(C)nn(C)c1C)C3=O. The molecule has 1 atom stereocenters. The van der Waals surface area contributed by atoms with Crippen LogP contribution in [-0.4, -0.2) is 54.1 Å². The molecule has 1 N–H and O–H groups in total. The van der Waals surface area contributed by atoms with Gasteiger partial charge in [-0.3, -0.25) is 24.0 Å². The molecule has 4 aromatic rings. The molecule has 5 rings (SSSR count). The number of nitrogens with zero attached hydrogens (tertiary/aromatic N) is 4. The highest BCUT2D eigenvalue weighted by atomic mass is 32.2. The summed E-state index contributed by atoms with van der Waals surface area (Å²) in [6.07, 6.45) is 0.0717. The third kappa shape index (κ3) is 4.44. The Morgan fingerprint density at radius 2 is 1.68 bits per heavy atom. The van der Waals surface area contributed by atoms with Crippen LogP contribution in [0, 0.1) is 20.8 Å². The van der Waals surface area contributed by atoms with Crippen LogP contribution in [0.3, 0.4) is 0 Å². The zero-order valence-electron chi connectivity index (χ0n) is 22.5. The van der Waals surface area contributed by atoms with Crippen molar-refractivity contribution in [3.05, 3.63) is 82.3 Å². The number of sulfonamides is 1. The fraction of sp³-hybridized carbons (Fsp3) is 0.250. The van der Waals surface area contributed by atoms with Gasteiger partial charge < -0.3 is 4.74 Å². The lowest BCUT2D eigenvalue weighted by Crippen LogP contribution is -2.43. The summed E-state index contributed by atoms with van der Waals surface area (Å²) in [5.41, 5.74) is 3.14. The van der Waals surface area contributed by atoms with Gasteiger partial charge in [0, 0.05) is 12.4 Å². The highest BCUT2D eigenvalue weighted by Gasteiger charge is 2.42. The number of esters is 1. The number of fused-ring (bicyclic) bond motifs is 3. The molecule has 206 valence electrons. The second kappa shape index (κ2) is 9.96. The molecule has 40 heavy (non-hydrogen) atoms. The largest absolute Gasteiger partial charge is 0.468 e. The van der Waals surface area contributed by atoms with Gasteiger partial charge in [-0.2, -0.15) is 9.82 Å². The molecule has 2 amide bonds. The van der Waals surface area contributed by atoms with E-state index in [-0.39, 0.29) is 27.8 Å². The number of pyridine rings is 1. The third-order valence-electron chi connectivity index (χ3n) is 7.04. The van der Waals surface area contributed by atoms with Crippen molar-refractivity contribution >= 4 is 44.4 Å². The van der Waals surface area contributed by atoms with Gasteiger partial charge in [0.05, 0.1) is 51.4 Å². The van der Waals surface area contributed by atoms with Crippen LogP contribution in [-0.2, 0) is 33.0 Å². The van der Waals surface area contributed by atoms with Gasteiger partial charge in [0.2, 0.25) is 10.0 Å². The lowest BCUT2D eigenvalue weighted by Gasteiger charge is -2.17. The minimum atomic E-state index is -4.26. The first-order valence-corrected chi connectivity index (χ1v) is 13.9. The Hall–Kier alpha value is -4.42. The van der Waals surface area contributed by atoms with Crippen molar-refractivity contribution in [3.8, 4) is 0 Å². The number of nitrogens with one attached hydrogen (secondary N) is 1.